The summed E-state index contributed by atoms with van der Waals surface area (Å²) >= 11 is 0. The van der Waals surface area contributed by atoms with Crippen LogP contribution in [0.3, 0.4) is 0 Å². The average molecular weight is 269 g/mol. The third-order valence-corrected chi connectivity index (χ3v) is 3.54. The Hall–Kier alpha value is -0.610. The van der Waals surface area contributed by atoms with Gasteiger partial charge in [0.1, 0.15) is 0 Å². The van der Waals surface area contributed by atoms with Crippen LogP contribution in [0.2, 0.25) is 0 Å². The summed E-state index contributed by atoms with van der Waals surface area (Å²) in [5.74, 6) is 0.816. The van der Waals surface area contributed by atoms with Crippen LogP contribution in [0.5, 0.6) is 0 Å². The molecule has 0 aliphatic carbocycles. The minimum atomic E-state index is 0.00477. The van der Waals surface area contributed by atoms with E-state index in [0.717, 1.165) is 19.5 Å². The second-order valence-corrected chi connectivity index (χ2v) is 7.39. The molecule has 1 N–H and O–H groups in total. The molecule has 1 amide bonds. The van der Waals surface area contributed by atoms with Crippen LogP contribution in [0.4, 0.5) is 0 Å². The van der Waals surface area contributed by atoms with Crippen LogP contribution < -0.4 is 5.32 Å². The highest BCUT2D eigenvalue weighted by Gasteiger charge is 2.39. The Bertz CT molecular complexity index is 313. The van der Waals surface area contributed by atoms with Gasteiger partial charge in [-0.2, -0.15) is 0 Å². The van der Waals surface area contributed by atoms with Gasteiger partial charge >= 0.3 is 0 Å². The molecule has 112 valence electrons. The Morgan fingerprint density at radius 3 is 2.42 bits per heavy atom. The van der Waals surface area contributed by atoms with Crippen molar-refractivity contribution >= 4 is 5.91 Å². The monoisotopic (exact) mass is 269 g/mol. The van der Waals surface area contributed by atoms with Crippen molar-refractivity contribution in [3.8, 4) is 0 Å². The fourth-order valence-electron chi connectivity index (χ4n) is 3.07. The van der Waals surface area contributed by atoms with Crippen molar-refractivity contribution in [2.45, 2.75) is 53.2 Å². The van der Waals surface area contributed by atoms with E-state index < -0.39 is 0 Å². The Morgan fingerprint density at radius 1 is 1.37 bits per heavy atom. The first kappa shape index (κ1) is 16.4. The molecule has 1 rings (SSSR count). The lowest BCUT2D eigenvalue weighted by atomic mass is 9.92. The summed E-state index contributed by atoms with van der Waals surface area (Å²) in [4.78, 5) is 16.7. The number of carbonyl (C=O) groups excluding carboxylic acids is 1. The maximum atomic E-state index is 12.5. The van der Waals surface area contributed by atoms with Gasteiger partial charge in [-0.05, 0) is 38.8 Å². The van der Waals surface area contributed by atoms with Gasteiger partial charge in [-0.15, -0.1) is 0 Å². The van der Waals surface area contributed by atoms with Gasteiger partial charge in [-0.25, -0.2) is 0 Å². The van der Waals surface area contributed by atoms with Crippen molar-refractivity contribution < 1.29 is 4.79 Å². The van der Waals surface area contributed by atoms with Crippen LogP contribution in [0.1, 0.15) is 41.0 Å². The highest BCUT2D eigenvalue weighted by molar-refractivity contribution is 5.84. The van der Waals surface area contributed by atoms with Gasteiger partial charge in [0, 0.05) is 13.1 Å². The van der Waals surface area contributed by atoms with Gasteiger partial charge in [0.05, 0.1) is 12.2 Å². The second kappa shape index (κ2) is 6.23. The van der Waals surface area contributed by atoms with Crippen LogP contribution in [0, 0.1) is 11.3 Å². The summed E-state index contributed by atoms with van der Waals surface area (Å²) < 4.78 is 0. The number of rotatable bonds is 6. The van der Waals surface area contributed by atoms with E-state index in [4.69, 9.17) is 0 Å². The molecule has 1 heterocycles. The zero-order valence-corrected chi connectivity index (χ0v) is 13.7. The quantitative estimate of drug-likeness (QED) is 0.798. The molecular weight excluding hydrogens is 238 g/mol. The van der Waals surface area contributed by atoms with Crippen molar-refractivity contribution in [3.63, 3.8) is 0 Å². The van der Waals surface area contributed by atoms with Crippen LogP contribution in [0.15, 0.2) is 0 Å². The molecule has 19 heavy (non-hydrogen) atoms. The van der Waals surface area contributed by atoms with Crippen LogP contribution in [-0.2, 0) is 4.79 Å². The Morgan fingerprint density at radius 2 is 1.95 bits per heavy atom. The lowest BCUT2D eigenvalue weighted by Crippen LogP contribution is -2.44. The first-order valence-electron chi connectivity index (χ1n) is 7.33. The third-order valence-electron chi connectivity index (χ3n) is 3.54. The molecule has 1 saturated heterocycles. The smallest absolute Gasteiger partial charge is 0.241 e. The number of carbonyl (C=O) groups is 1. The zero-order chi connectivity index (χ0) is 14.8. The van der Waals surface area contributed by atoms with Gasteiger partial charge in [0.25, 0.3) is 0 Å². The minimum absolute atomic E-state index is 0.00477. The summed E-state index contributed by atoms with van der Waals surface area (Å²) in [6.45, 7) is 12.7. The molecule has 1 fully saturated rings. The molecule has 4 heteroatoms. The summed E-state index contributed by atoms with van der Waals surface area (Å²) in [5.41, 5.74) is 0.113. The molecule has 0 bridgehead atoms. The maximum absolute atomic E-state index is 12.5. The van der Waals surface area contributed by atoms with Crippen LogP contribution >= 0.6 is 0 Å². The SMILES string of the molecule is CC(C)CC1NC(C)N(CC(C)(C)CN(C)C)C1=O. The average Bonchev–Trinajstić information content (AvgIpc) is 2.42. The number of nitrogens with one attached hydrogen (secondary N) is 1. The highest BCUT2D eigenvalue weighted by Crippen LogP contribution is 2.24. The Labute approximate surface area is 118 Å². The predicted molar refractivity (Wildman–Crippen MR) is 79.9 cm³/mol. The lowest BCUT2D eigenvalue weighted by molar-refractivity contribution is -0.131. The topological polar surface area (TPSA) is 35.6 Å². The molecule has 0 radical (unpaired) electrons. The van der Waals surface area contributed by atoms with Crippen molar-refractivity contribution in [2.75, 3.05) is 27.2 Å². The number of nitrogens with zero attached hydrogens (tertiary/aromatic N) is 2. The molecule has 0 saturated carbocycles. The third kappa shape index (κ3) is 4.77. The number of hydrogen-bond acceptors (Lipinski definition) is 3. The molecule has 2 atom stereocenters. The Balaban J connectivity index is 2.66. The number of hydrogen-bond donors (Lipinski definition) is 1. The molecular formula is C15H31N3O. The van der Waals surface area contributed by atoms with E-state index in [-0.39, 0.29) is 23.5 Å². The number of amides is 1. The van der Waals surface area contributed by atoms with E-state index in [0.29, 0.717) is 5.92 Å². The molecule has 0 aromatic carbocycles. The maximum Gasteiger partial charge on any atom is 0.241 e. The normalized spacial score (nSPS) is 24.9. The van der Waals surface area contributed by atoms with Crippen molar-refractivity contribution in [1.29, 1.82) is 0 Å². The largest absolute Gasteiger partial charge is 0.325 e. The molecule has 2 unspecified atom stereocenters. The summed E-state index contributed by atoms with van der Waals surface area (Å²) in [6.07, 6.45) is 1.08. The summed E-state index contributed by atoms with van der Waals surface area (Å²) in [6, 6.07) is 0.00477. The standard InChI is InChI=1S/C15H31N3O/c1-11(2)8-13-14(19)18(12(3)16-13)10-15(4,5)9-17(6)7/h11-13,16H,8-10H2,1-7H3. The van der Waals surface area contributed by atoms with E-state index >= 15 is 0 Å². The van der Waals surface area contributed by atoms with E-state index in [1.54, 1.807) is 0 Å². The van der Waals surface area contributed by atoms with Gasteiger partial charge in [0.15, 0.2) is 0 Å². The van der Waals surface area contributed by atoms with E-state index in [2.05, 4.69) is 58.9 Å². The van der Waals surface area contributed by atoms with Gasteiger partial charge in [0.2, 0.25) is 5.91 Å². The molecule has 1 aliphatic heterocycles. The Kier molecular flexibility index (Phi) is 5.39. The van der Waals surface area contributed by atoms with E-state index in [1.807, 2.05) is 4.90 Å². The molecule has 0 spiro atoms. The van der Waals surface area contributed by atoms with Crippen molar-refractivity contribution in [1.82, 2.24) is 15.1 Å². The zero-order valence-electron chi connectivity index (χ0n) is 13.7. The molecule has 0 aromatic rings. The first-order valence-corrected chi connectivity index (χ1v) is 7.33. The molecule has 1 aliphatic rings. The van der Waals surface area contributed by atoms with Crippen molar-refractivity contribution in [2.24, 2.45) is 11.3 Å². The van der Waals surface area contributed by atoms with Crippen molar-refractivity contribution in [3.05, 3.63) is 0 Å². The molecule has 4 nitrogen and oxygen atoms in total. The minimum Gasteiger partial charge on any atom is -0.325 e. The molecule has 0 aromatic heterocycles. The summed E-state index contributed by atoms with van der Waals surface area (Å²) in [7, 11) is 4.16. The lowest BCUT2D eigenvalue weighted by Gasteiger charge is -2.34. The van der Waals surface area contributed by atoms with Crippen LogP contribution in [-0.4, -0.2) is 55.1 Å². The van der Waals surface area contributed by atoms with Crippen LogP contribution in [0.25, 0.3) is 0 Å². The van der Waals surface area contributed by atoms with Gasteiger partial charge in [-0.1, -0.05) is 27.7 Å². The van der Waals surface area contributed by atoms with Gasteiger partial charge in [-0.3, -0.25) is 10.1 Å². The van der Waals surface area contributed by atoms with Gasteiger partial charge < -0.3 is 9.80 Å². The summed E-state index contributed by atoms with van der Waals surface area (Å²) in [5, 5.41) is 3.42. The fourth-order valence-corrected chi connectivity index (χ4v) is 3.07. The van der Waals surface area contributed by atoms with E-state index in [9.17, 15) is 4.79 Å². The fraction of sp³-hybridized carbons (Fsp3) is 0.933. The predicted octanol–water partition coefficient (Wildman–Crippen LogP) is 1.77. The highest BCUT2D eigenvalue weighted by atomic mass is 16.2. The first-order chi connectivity index (χ1) is 8.62. The van der Waals surface area contributed by atoms with E-state index in [1.165, 1.54) is 0 Å². The second-order valence-electron chi connectivity index (χ2n) is 7.39.